The van der Waals surface area contributed by atoms with Crippen LogP contribution in [0.1, 0.15) is 121 Å². The van der Waals surface area contributed by atoms with Gasteiger partial charge in [0.1, 0.15) is 21.7 Å². The van der Waals surface area contributed by atoms with E-state index in [2.05, 4.69) is 145 Å². The predicted octanol–water partition coefficient (Wildman–Crippen LogP) is 25.0. The number of rotatable bonds is 11. The smallest absolute Gasteiger partial charge is 0.870 e. The summed E-state index contributed by atoms with van der Waals surface area (Å²) in [7, 11) is 4.34. The zero-order valence-electron chi connectivity index (χ0n) is 66.5. The predicted molar refractivity (Wildman–Crippen MR) is 533 cm³/mol. The van der Waals surface area contributed by atoms with Crippen LogP contribution in [0.4, 0.5) is 44.4 Å². The molecule has 12 aromatic rings. The Morgan fingerprint density at radius 2 is 1.04 bits per heavy atom. The number of nitrogens with zero attached hydrogens (tertiary/aromatic N) is 3. The second-order valence-electron chi connectivity index (χ2n) is 26.9. The van der Waals surface area contributed by atoms with Crippen LogP contribution in [0.5, 0.6) is 0 Å². The molecule has 21 nitrogen and oxygen atoms in total. The maximum atomic E-state index is 11.8. The summed E-state index contributed by atoms with van der Waals surface area (Å²) in [5, 5.41) is 36.0. The molecule has 0 aliphatic carbocycles. The summed E-state index contributed by atoms with van der Waals surface area (Å²) in [5.41, 5.74) is 4.35. The molecule has 12 aromatic heterocycles. The van der Waals surface area contributed by atoms with E-state index in [-0.39, 0.29) is 54.4 Å². The number of nitrogen functional groups attached to an aromatic ring is 1. The molecule has 1 radical (unpaired) electrons. The van der Waals surface area contributed by atoms with E-state index in [9.17, 15) is 33.6 Å². The summed E-state index contributed by atoms with van der Waals surface area (Å²) >= 11 is 39.6. The Morgan fingerprint density at radius 3 is 1.41 bits per heavy atom. The van der Waals surface area contributed by atoms with E-state index in [1.807, 2.05) is 162 Å². The molecule has 639 valence electrons. The third-order valence-electron chi connectivity index (χ3n) is 14.3. The summed E-state index contributed by atoms with van der Waals surface area (Å²) < 4.78 is 42.9. The standard InChI is InChI=1S/C15H20N2O2S2.C11H12BrNO2S2.C11H13NO2S2.C10H12N2S2.C9H10O2S2.C7H4O2S2.C5H3BrOS.C4H3BrS.C4H8O2S.BHNS.ClH.Li.H2O/c1-15(2,3)19-14(18)16-12-8-10-11(20-12)9-13(21-10)17-6-4-5-7-17;1-11(2,3)15-10(14)13-9-5-7-6(17-9)4-8(12)16-7;1-11(2,3)14-10(13)12-9-6-8-7(16-9)4-5-15-8;11-9-5-7-8(13-9)6-10(14-7)12-3-1-2-4-12;1-2-11-9(10)8-5-7-6(13-8)3-4-12-7;8-7(9)6-3-5-4(11-6)1-2-10-5;6-4-1-2-8-5(4)3-7;5-4-1-2-6-3-4;1-2-6-4(5)3-7;1-2-3;;;/h8-9H,4-7H2,1-3H3,(H,16,18);4-5H,1-3H3,(H,13,14);4-6H,1-3H3,(H,12,13);5-6H,1-4,11H2;3-7H,2H2,1H3;1-3H,(H,8,9);1-3H;1-3H;7H,2-3H2,1H3;3H;1H;;1H2/q;;;;;;;;;;;+1;/p-1. The molecule has 43 heteroatoms. The van der Waals surface area contributed by atoms with E-state index in [1.165, 1.54) is 104 Å². The van der Waals surface area contributed by atoms with Crippen molar-refractivity contribution in [3.63, 3.8) is 0 Å². The number of hydrogen-bond donors (Lipinski definition) is 7. The maximum absolute atomic E-state index is 11.8. The molecule has 2 unspecified atom stereocenters. The van der Waals surface area contributed by atoms with Crippen molar-refractivity contribution in [2.45, 2.75) is 129 Å². The van der Waals surface area contributed by atoms with Crippen LogP contribution in [-0.2, 0) is 33.3 Å². The Hall–Kier alpha value is -3.98. The molecule has 2 saturated heterocycles. The minimum absolute atomic E-state index is 0. The van der Waals surface area contributed by atoms with Gasteiger partial charge in [0.25, 0.3) is 0 Å². The van der Waals surface area contributed by atoms with Crippen LogP contribution in [0.2, 0.25) is 0 Å². The zero-order chi connectivity index (χ0) is 84.9. The average Bonchev–Trinajstić information content (AvgIpc) is 1.67. The van der Waals surface area contributed by atoms with Gasteiger partial charge in [-0.05, 0) is 255 Å². The molecule has 0 bridgehead atoms. The van der Waals surface area contributed by atoms with Gasteiger partial charge in [-0.25, -0.2) is 24.0 Å². The van der Waals surface area contributed by atoms with Crippen molar-refractivity contribution in [1.82, 2.24) is 0 Å². The third-order valence-corrected chi connectivity index (χ3v) is 31.6. The average molecular weight is 2130 g/mol. The molecule has 119 heavy (non-hydrogen) atoms. The quantitative estimate of drug-likeness (QED) is 0.0208. The number of thioether (sulfide) groups is 2. The van der Waals surface area contributed by atoms with Crippen LogP contribution in [0.25, 0.3) is 47.0 Å². The number of nitrogens with two attached hydrogens (primary N) is 1. The van der Waals surface area contributed by atoms with E-state index in [0.717, 1.165) is 76.2 Å². The first kappa shape index (κ1) is 107. The minimum atomic E-state index is -0.835. The number of thiophene rings is 12. The molecular weight excluding hydrogens is 2040 g/mol. The van der Waals surface area contributed by atoms with Gasteiger partial charge in [-0.1, -0.05) is 6.08 Å². The van der Waals surface area contributed by atoms with Crippen molar-refractivity contribution in [2.24, 2.45) is 4.30 Å². The van der Waals surface area contributed by atoms with Gasteiger partial charge in [-0.2, -0.15) is 24.0 Å². The number of carbonyl (C=O) groups excluding carboxylic acids is 6. The number of anilines is 6. The van der Waals surface area contributed by atoms with Crippen LogP contribution < -0.4 is 50.3 Å². The molecule has 4 aliphatic rings. The van der Waals surface area contributed by atoms with Crippen molar-refractivity contribution in [3.05, 3.63) is 145 Å². The molecule has 16 heterocycles. The molecule has 0 aromatic carbocycles. The van der Waals surface area contributed by atoms with E-state index in [0.29, 0.717) is 28.6 Å². The molecule has 2 fully saturated rings. The molecule has 16 rings (SSSR count). The van der Waals surface area contributed by atoms with Crippen molar-refractivity contribution in [1.29, 1.82) is 0 Å². The van der Waals surface area contributed by atoms with Gasteiger partial charge in [-0.3, -0.25) is 25.5 Å². The van der Waals surface area contributed by atoms with Gasteiger partial charge >= 0.3 is 79.8 Å². The Balaban J connectivity index is 0.000000285. The maximum Gasteiger partial charge on any atom is 1.00 e. The third kappa shape index (κ3) is 38.0. The number of aromatic carboxylic acids is 1. The van der Waals surface area contributed by atoms with Crippen LogP contribution in [0, 0.1) is 0 Å². The fourth-order valence-electron chi connectivity index (χ4n) is 9.83. The van der Waals surface area contributed by atoms with Crippen LogP contribution in [0.3, 0.4) is 0 Å². The molecule has 2 atom stereocenters. The van der Waals surface area contributed by atoms with Crippen molar-refractivity contribution < 1.29 is 86.7 Å². The van der Waals surface area contributed by atoms with Gasteiger partial charge in [0, 0.05) is 98.0 Å². The summed E-state index contributed by atoms with van der Waals surface area (Å²) in [6.07, 6.45) is 9.05. The fourth-order valence-corrected chi connectivity index (χ4v) is 26.2. The van der Waals surface area contributed by atoms with Gasteiger partial charge in [0.15, 0.2) is 6.29 Å². The number of amides is 3. The molecule has 0 spiro atoms. The fraction of sp³-hybridized carbons (Fsp3) is 0.355. The summed E-state index contributed by atoms with van der Waals surface area (Å²) in [6, 6.07) is 24.2. The normalized spacial score (nSPS) is 13.9. The SMILES string of the molecule is Brc1ccsc1.CC(C)(C)OC(=O)Nc1cc2sc(Br)cc2s1.CC(C)(C)OC(=O)Nc1cc2sc(N3CCCC3)cc2s1.CC(C)(C)OC(=O)Nc1cc2sccc2s1.CCOC(=O)C1=CC2SC=CC2S1.CCOC(=O)CS.Cl.Nc1cc2sc(N3CCCC3)cc2s1.O=C(O)c1cc2sccc2s1.O=Cc1sccc1Br.[B]=NS.[Li+].[OH-]. The first-order valence-corrected chi connectivity index (χ1v) is 50.6. The number of thiol groups is 2. The molecule has 7 N–H and O–H groups in total. The van der Waals surface area contributed by atoms with E-state index in [1.54, 1.807) is 139 Å². The van der Waals surface area contributed by atoms with Gasteiger partial charge in [0.05, 0.1) is 62.5 Å². The Morgan fingerprint density at radius 1 is 0.597 bits per heavy atom. The number of fused-ring (bicyclic) bond motifs is 6. The summed E-state index contributed by atoms with van der Waals surface area (Å²) in [6.45, 7) is 25.9. The number of carbonyl (C=O) groups is 7. The Labute approximate surface area is 804 Å². The second kappa shape index (κ2) is 53.5. The zero-order valence-corrected chi connectivity index (χ0v) is 85.3. The van der Waals surface area contributed by atoms with Crippen LogP contribution in [-0.4, -0.2) is 133 Å². The number of hydrogen-bond acceptors (Lipinski definition) is 33. The molecular formula is C76H88BBr3ClLiN7O14S16. The number of carboxylic acid groups (broad SMARTS) is 1. The Kier molecular flexibility index (Phi) is 48.3. The number of ether oxygens (including phenoxy) is 5. The molecule has 4 aliphatic heterocycles. The number of carboxylic acids is 1. The largest absolute Gasteiger partial charge is 1.00 e. The first-order valence-electron chi connectivity index (χ1n) is 35.3. The van der Waals surface area contributed by atoms with Crippen LogP contribution in [0.15, 0.2) is 139 Å². The summed E-state index contributed by atoms with van der Waals surface area (Å²) in [5.74, 6) is -1.09. The number of aldehydes is 1. The van der Waals surface area contributed by atoms with Gasteiger partial charge < -0.3 is 49.8 Å². The van der Waals surface area contributed by atoms with Crippen LogP contribution >= 0.6 is 245 Å². The van der Waals surface area contributed by atoms with E-state index < -0.39 is 41.1 Å². The Bertz CT molecular complexity index is 5060. The van der Waals surface area contributed by atoms with Gasteiger partial charge in [0.2, 0.25) is 0 Å². The first-order chi connectivity index (χ1) is 55.0. The number of halogens is 4. The van der Waals surface area contributed by atoms with Gasteiger partial charge in [-0.15, -0.1) is 161 Å². The van der Waals surface area contributed by atoms with E-state index in [4.69, 9.17) is 29.8 Å². The molecule has 3 amide bonds. The topological polar surface area (TPSA) is 297 Å². The number of esters is 2. The summed E-state index contributed by atoms with van der Waals surface area (Å²) in [4.78, 5) is 83.7. The van der Waals surface area contributed by atoms with Crippen molar-refractivity contribution in [2.75, 3.05) is 76.6 Å². The minimum Gasteiger partial charge on any atom is -0.870 e. The second-order valence-corrected chi connectivity index (χ2v) is 45.2. The molecule has 0 saturated carbocycles. The monoisotopic (exact) mass is 2120 g/mol. The van der Waals surface area contributed by atoms with Crippen molar-refractivity contribution >= 4 is 372 Å². The van der Waals surface area contributed by atoms with E-state index >= 15 is 0 Å². The van der Waals surface area contributed by atoms with Crippen molar-refractivity contribution in [3.8, 4) is 0 Å². The number of nitrogens with one attached hydrogen (secondary N) is 3.